The van der Waals surface area contributed by atoms with Gasteiger partial charge in [-0.15, -0.1) is 0 Å². The number of halogens is 3. The first-order valence-corrected chi connectivity index (χ1v) is 5.51. The minimum Gasteiger partial charge on any atom is -0.338 e. The fourth-order valence-corrected chi connectivity index (χ4v) is 1.88. The molecule has 1 unspecified atom stereocenters. The summed E-state index contributed by atoms with van der Waals surface area (Å²) in [7, 11) is 1.47. The fraction of sp³-hybridized carbons (Fsp3) is 0.333. The second kappa shape index (κ2) is 4.25. The highest BCUT2D eigenvalue weighted by Crippen LogP contribution is 2.32. The SMILES string of the molecule is CN=C1NC(=O)C(C)(c2cccc(C(F)(F)F)c2)N1. The number of carbonyl (C=O) groups excluding carboxylic acids is 1. The first-order chi connectivity index (χ1) is 8.77. The van der Waals surface area contributed by atoms with E-state index < -0.39 is 23.2 Å². The monoisotopic (exact) mass is 271 g/mol. The van der Waals surface area contributed by atoms with Gasteiger partial charge < -0.3 is 5.32 Å². The molecular weight excluding hydrogens is 259 g/mol. The van der Waals surface area contributed by atoms with Crippen molar-refractivity contribution in [2.45, 2.75) is 18.6 Å². The van der Waals surface area contributed by atoms with Crippen molar-refractivity contribution in [3.05, 3.63) is 35.4 Å². The van der Waals surface area contributed by atoms with E-state index in [0.29, 0.717) is 0 Å². The Morgan fingerprint density at radius 1 is 1.32 bits per heavy atom. The van der Waals surface area contributed by atoms with Gasteiger partial charge in [-0.2, -0.15) is 13.2 Å². The number of guanidine groups is 1. The van der Waals surface area contributed by atoms with Crippen LogP contribution in [0.15, 0.2) is 29.3 Å². The van der Waals surface area contributed by atoms with Crippen molar-refractivity contribution in [2.24, 2.45) is 4.99 Å². The summed E-state index contributed by atoms with van der Waals surface area (Å²) in [6, 6.07) is 4.68. The minimum atomic E-state index is -4.44. The number of benzene rings is 1. The molecule has 2 rings (SSSR count). The Labute approximate surface area is 107 Å². The molecule has 2 N–H and O–H groups in total. The number of carbonyl (C=O) groups is 1. The maximum Gasteiger partial charge on any atom is 0.416 e. The van der Waals surface area contributed by atoms with Gasteiger partial charge in [-0.25, -0.2) is 0 Å². The van der Waals surface area contributed by atoms with Crippen LogP contribution in [0.25, 0.3) is 0 Å². The third-order valence-corrected chi connectivity index (χ3v) is 3.05. The van der Waals surface area contributed by atoms with Crippen molar-refractivity contribution in [3.8, 4) is 0 Å². The molecule has 1 heterocycles. The second-order valence-electron chi connectivity index (χ2n) is 4.35. The summed E-state index contributed by atoms with van der Waals surface area (Å²) in [6.07, 6.45) is -4.44. The molecule has 1 aliphatic rings. The summed E-state index contributed by atoms with van der Waals surface area (Å²) in [5, 5.41) is 5.25. The first-order valence-electron chi connectivity index (χ1n) is 5.51. The van der Waals surface area contributed by atoms with Gasteiger partial charge in [0.15, 0.2) is 5.96 Å². The van der Waals surface area contributed by atoms with Crippen molar-refractivity contribution >= 4 is 11.9 Å². The number of nitrogens with zero attached hydrogens (tertiary/aromatic N) is 1. The van der Waals surface area contributed by atoms with Gasteiger partial charge in [0.2, 0.25) is 0 Å². The smallest absolute Gasteiger partial charge is 0.338 e. The predicted molar refractivity (Wildman–Crippen MR) is 63.4 cm³/mol. The molecule has 1 amide bonds. The number of aliphatic imine (C=N–C) groups is 1. The van der Waals surface area contributed by atoms with Gasteiger partial charge in [-0.1, -0.05) is 12.1 Å². The molecule has 0 spiro atoms. The Morgan fingerprint density at radius 2 is 2.00 bits per heavy atom. The van der Waals surface area contributed by atoms with Crippen molar-refractivity contribution in [2.75, 3.05) is 7.05 Å². The van der Waals surface area contributed by atoms with E-state index in [0.717, 1.165) is 12.1 Å². The highest BCUT2D eigenvalue weighted by Gasteiger charge is 2.43. The van der Waals surface area contributed by atoms with Gasteiger partial charge in [-0.05, 0) is 24.6 Å². The molecule has 102 valence electrons. The Bertz CT molecular complexity index is 553. The van der Waals surface area contributed by atoms with Gasteiger partial charge in [0.25, 0.3) is 5.91 Å². The zero-order valence-corrected chi connectivity index (χ0v) is 10.3. The van der Waals surface area contributed by atoms with E-state index in [1.165, 1.54) is 26.1 Å². The van der Waals surface area contributed by atoms with Crippen molar-refractivity contribution in [3.63, 3.8) is 0 Å². The van der Waals surface area contributed by atoms with Gasteiger partial charge in [0.05, 0.1) is 5.56 Å². The van der Waals surface area contributed by atoms with Crippen LogP contribution in [0.3, 0.4) is 0 Å². The normalized spacial score (nSPS) is 25.3. The minimum absolute atomic E-state index is 0.235. The van der Waals surface area contributed by atoms with Gasteiger partial charge in [-0.3, -0.25) is 15.1 Å². The predicted octanol–water partition coefficient (Wildman–Crippen LogP) is 1.63. The molecule has 1 saturated heterocycles. The summed E-state index contributed by atoms with van der Waals surface area (Å²) >= 11 is 0. The van der Waals surface area contributed by atoms with Crippen LogP contribution >= 0.6 is 0 Å². The molecular formula is C12H12F3N3O. The lowest BCUT2D eigenvalue weighted by Crippen LogP contribution is -2.40. The zero-order valence-electron chi connectivity index (χ0n) is 10.3. The number of hydrogen-bond donors (Lipinski definition) is 2. The quantitative estimate of drug-likeness (QED) is 0.815. The molecule has 1 aromatic carbocycles. The van der Waals surface area contributed by atoms with Crippen LogP contribution < -0.4 is 10.6 Å². The number of alkyl halides is 3. The molecule has 0 aliphatic carbocycles. The lowest BCUT2D eigenvalue weighted by molar-refractivity contribution is -0.137. The molecule has 1 aliphatic heterocycles. The van der Waals surface area contributed by atoms with Gasteiger partial charge >= 0.3 is 6.18 Å². The molecule has 0 aromatic heterocycles. The van der Waals surface area contributed by atoms with E-state index in [-0.39, 0.29) is 11.5 Å². The van der Waals surface area contributed by atoms with Crippen LogP contribution in [0.5, 0.6) is 0 Å². The third kappa shape index (κ3) is 2.27. The van der Waals surface area contributed by atoms with Crippen LogP contribution in [-0.4, -0.2) is 18.9 Å². The average Bonchev–Trinajstić information content (AvgIpc) is 2.66. The van der Waals surface area contributed by atoms with Crippen LogP contribution in [0.4, 0.5) is 13.2 Å². The van der Waals surface area contributed by atoms with Gasteiger partial charge in [0.1, 0.15) is 5.54 Å². The standard InChI is InChI=1S/C12H12F3N3O/c1-11(9(19)17-10(16-2)18-11)7-4-3-5-8(6-7)12(13,14)15/h3-6H,1-2H3,(H2,16,17,18,19). The van der Waals surface area contributed by atoms with E-state index in [1.54, 1.807) is 0 Å². The molecule has 1 fully saturated rings. The summed E-state index contributed by atoms with van der Waals surface area (Å²) in [4.78, 5) is 15.7. The van der Waals surface area contributed by atoms with Crippen LogP contribution in [0.2, 0.25) is 0 Å². The average molecular weight is 271 g/mol. The molecule has 1 aromatic rings. The van der Waals surface area contributed by atoms with Crippen LogP contribution in [0, 0.1) is 0 Å². The Hall–Kier alpha value is -2.05. The van der Waals surface area contributed by atoms with E-state index in [2.05, 4.69) is 15.6 Å². The number of hydrogen-bond acceptors (Lipinski definition) is 2. The third-order valence-electron chi connectivity index (χ3n) is 3.05. The maximum absolute atomic E-state index is 12.7. The fourth-order valence-electron chi connectivity index (χ4n) is 1.88. The topological polar surface area (TPSA) is 53.5 Å². The largest absolute Gasteiger partial charge is 0.416 e. The molecule has 7 heteroatoms. The molecule has 0 radical (unpaired) electrons. The highest BCUT2D eigenvalue weighted by molar-refractivity contribution is 6.09. The lowest BCUT2D eigenvalue weighted by Gasteiger charge is -2.22. The summed E-state index contributed by atoms with van der Waals surface area (Å²) in [5.41, 5.74) is -1.81. The van der Waals surface area contributed by atoms with Crippen molar-refractivity contribution in [1.29, 1.82) is 0 Å². The van der Waals surface area contributed by atoms with Crippen molar-refractivity contribution < 1.29 is 18.0 Å². The Kier molecular flexibility index (Phi) is 3.00. The molecule has 19 heavy (non-hydrogen) atoms. The molecule has 0 saturated carbocycles. The van der Waals surface area contributed by atoms with E-state index >= 15 is 0 Å². The highest BCUT2D eigenvalue weighted by atomic mass is 19.4. The van der Waals surface area contributed by atoms with Gasteiger partial charge in [0, 0.05) is 7.05 Å². The number of nitrogens with one attached hydrogen (secondary N) is 2. The summed E-state index contributed by atoms with van der Waals surface area (Å²) in [6.45, 7) is 1.51. The zero-order chi connectivity index (χ0) is 14.3. The van der Waals surface area contributed by atoms with E-state index in [9.17, 15) is 18.0 Å². The molecule has 0 bridgehead atoms. The van der Waals surface area contributed by atoms with E-state index in [1.807, 2.05) is 0 Å². The first kappa shape index (κ1) is 13.4. The Balaban J connectivity index is 2.45. The Morgan fingerprint density at radius 3 is 2.53 bits per heavy atom. The van der Waals surface area contributed by atoms with Crippen molar-refractivity contribution in [1.82, 2.24) is 10.6 Å². The van der Waals surface area contributed by atoms with Crippen LogP contribution in [-0.2, 0) is 16.5 Å². The molecule has 1 atom stereocenters. The summed E-state index contributed by atoms with van der Waals surface area (Å²) < 4.78 is 38.0. The molecule has 4 nitrogen and oxygen atoms in total. The second-order valence-corrected chi connectivity index (χ2v) is 4.35. The lowest BCUT2D eigenvalue weighted by atomic mass is 9.91. The van der Waals surface area contributed by atoms with Crippen LogP contribution in [0.1, 0.15) is 18.1 Å². The number of rotatable bonds is 1. The summed E-state index contributed by atoms with van der Waals surface area (Å²) in [5.74, 6) is -0.197. The van der Waals surface area contributed by atoms with E-state index in [4.69, 9.17) is 0 Å². The maximum atomic E-state index is 12.7. The number of amides is 1.